The van der Waals surface area contributed by atoms with Crippen LogP contribution < -0.4 is 11.1 Å². The molecule has 0 spiro atoms. The minimum absolute atomic E-state index is 0.0246. The first kappa shape index (κ1) is 18.7. The van der Waals surface area contributed by atoms with E-state index < -0.39 is 0 Å². The first-order chi connectivity index (χ1) is 13.3. The summed E-state index contributed by atoms with van der Waals surface area (Å²) < 4.78 is 4.67. The maximum absolute atomic E-state index is 6.60. The Morgan fingerprint density at radius 1 is 1.22 bits per heavy atom. The lowest BCUT2D eigenvalue weighted by Gasteiger charge is -2.30. The smallest absolute Gasteiger partial charge is 0.125 e. The number of imidazole rings is 2. The molecule has 0 amide bonds. The molecule has 1 aliphatic heterocycles. The molecule has 27 heavy (non-hydrogen) atoms. The highest BCUT2D eigenvalue weighted by atomic mass is 15.1. The monoisotopic (exact) mass is 370 g/mol. The number of nitrogens with two attached hydrogens (primary N) is 1. The molecule has 1 unspecified atom stereocenters. The van der Waals surface area contributed by atoms with E-state index in [1.165, 1.54) is 50.6 Å². The Morgan fingerprint density at radius 3 is 2.74 bits per heavy atom. The molecule has 148 valence electrons. The van der Waals surface area contributed by atoms with Gasteiger partial charge in [0.2, 0.25) is 0 Å². The van der Waals surface area contributed by atoms with Crippen molar-refractivity contribution in [1.82, 2.24) is 24.4 Å². The summed E-state index contributed by atoms with van der Waals surface area (Å²) in [5.41, 5.74) is 7.99. The summed E-state index contributed by atoms with van der Waals surface area (Å²) in [5.74, 6) is 1.68. The molecule has 0 radical (unpaired) electrons. The van der Waals surface area contributed by atoms with Gasteiger partial charge in [-0.05, 0) is 58.4 Å². The van der Waals surface area contributed by atoms with Crippen LogP contribution in [0.3, 0.4) is 0 Å². The van der Waals surface area contributed by atoms with Crippen molar-refractivity contribution in [3.8, 4) is 0 Å². The van der Waals surface area contributed by atoms with E-state index in [0.717, 1.165) is 25.3 Å². The van der Waals surface area contributed by atoms with E-state index in [0.29, 0.717) is 18.0 Å². The topological polar surface area (TPSA) is 73.7 Å². The largest absolute Gasteiger partial charge is 0.334 e. The third kappa shape index (κ3) is 4.11. The second-order valence-electron chi connectivity index (χ2n) is 8.29. The fourth-order valence-corrected chi connectivity index (χ4v) is 5.06. The number of hydrogen-bond donors (Lipinski definition) is 2. The lowest BCUT2D eigenvalue weighted by atomic mass is 9.84. The van der Waals surface area contributed by atoms with Crippen LogP contribution in [0.4, 0.5) is 0 Å². The number of piperidine rings is 1. The molecule has 2 aliphatic rings. The SMILES string of the molecule is CCn1c(C2CCC(n3ccnc3)CC2)cnc1[C@@H](N)CC1CCCCN1. The van der Waals surface area contributed by atoms with Gasteiger partial charge >= 0.3 is 0 Å². The van der Waals surface area contributed by atoms with E-state index in [1.807, 2.05) is 12.5 Å². The van der Waals surface area contributed by atoms with Crippen LogP contribution in [-0.2, 0) is 6.54 Å². The van der Waals surface area contributed by atoms with E-state index in [-0.39, 0.29) is 6.04 Å². The zero-order valence-corrected chi connectivity index (χ0v) is 16.6. The summed E-state index contributed by atoms with van der Waals surface area (Å²) in [4.78, 5) is 8.99. The van der Waals surface area contributed by atoms with Gasteiger partial charge in [0, 0.05) is 48.8 Å². The van der Waals surface area contributed by atoms with Crippen molar-refractivity contribution in [2.24, 2.45) is 5.73 Å². The van der Waals surface area contributed by atoms with Crippen molar-refractivity contribution in [2.45, 2.75) is 88.9 Å². The van der Waals surface area contributed by atoms with Crippen molar-refractivity contribution >= 4 is 0 Å². The quantitative estimate of drug-likeness (QED) is 0.816. The van der Waals surface area contributed by atoms with Gasteiger partial charge in [-0.15, -0.1) is 0 Å². The van der Waals surface area contributed by atoms with E-state index in [4.69, 9.17) is 10.7 Å². The molecule has 3 N–H and O–H groups in total. The minimum Gasteiger partial charge on any atom is -0.334 e. The maximum Gasteiger partial charge on any atom is 0.125 e. The van der Waals surface area contributed by atoms with Crippen LogP contribution in [0.25, 0.3) is 0 Å². The molecule has 4 rings (SSSR count). The Morgan fingerprint density at radius 2 is 2.07 bits per heavy atom. The van der Waals surface area contributed by atoms with Crippen LogP contribution in [0.15, 0.2) is 24.9 Å². The third-order valence-corrected chi connectivity index (χ3v) is 6.58. The van der Waals surface area contributed by atoms with Crippen molar-refractivity contribution in [3.63, 3.8) is 0 Å². The van der Waals surface area contributed by atoms with Crippen molar-refractivity contribution < 1.29 is 0 Å². The van der Waals surface area contributed by atoms with Gasteiger partial charge in [-0.25, -0.2) is 9.97 Å². The summed E-state index contributed by atoms with van der Waals surface area (Å²) in [5, 5.41) is 3.62. The van der Waals surface area contributed by atoms with Crippen molar-refractivity contribution in [2.75, 3.05) is 6.54 Å². The lowest BCUT2D eigenvalue weighted by molar-refractivity contribution is 0.314. The molecule has 1 saturated carbocycles. The molecule has 2 fully saturated rings. The Hall–Kier alpha value is -1.66. The molecular formula is C21H34N6. The van der Waals surface area contributed by atoms with Gasteiger partial charge in [0.1, 0.15) is 5.82 Å². The summed E-state index contributed by atoms with van der Waals surface area (Å²) in [6, 6.07) is 1.17. The minimum atomic E-state index is 0.0246. The molecule has 3 heterocycles. The van der Waals surface area contributed by atoms with Crippen LogP contribution >= 0.6 is 0 Å². The van der Waals surface area contributed by atoms with Crippen LogP contribution in [0.5, 0.6) is 0 Å². The molecule has 2 aromatic rings. The first-order valence-electron chi connectivity index (χ1n) is 10.8. The zero-order chi connectivity index (χ0) is 18.6. The molecule has 1 aliphatic carbocycles. The maximum atomic E-state index is 6.60. The van der Waals surface area contributed by atoms with Gasteiger partial charge < -0.3 is 20.2 Å². The number of nitrogens with one attached hydrogen (secondary N) is 1. The molecule has 6 nitrogen and oxygen atoms in total. The number of nitrogens with zero attached hydrogens (tertiary/aromatic N) is 4. The van der Waals surface area contributed by atoms with Crippen LogP contribution in [-0.4, -0.2) is 31.7 Å². The summed E-state index contributed by atoms with van der Waals surface area (Å²) >= 11 is 0. The number of aromatic nitrogens is 4. The van der Waals surface area contributed by atoms with Crippen LogP contribution in [0, 0.1) is 0 Å². The zero-order valence-electron chi connectivity index (χ0n) is 16.6. The van der Waals surface area contributed by atoms with E-state index in [9.17, 15) is 0 Å². The molecule has 1 saturated heterocycles. The molecular weight excluding hydrogens is 336 g/mol. The fourth-order valence-electron chi connectivity index (χ4n) is 5.06. The average molecular weight is 371 g/mol. The van der Waals surface area contributed by atoms with Gasteiger partial charge in [0.05, 0.1) is 12.4 Å². The van der Waals surface area contributed by atoms with Gasteiger partial charge in [-0.2, -0.15) is 0 Å². The van der Waals surface area contributed by atoms with Gasteiger partial charge in [0.25, 0.3) is 0 Å². The standard InChI is InChI=1S/C21H34N6/c1-2-27-20(16-6-8-18(9-7-16)26-12-11-23-15-26)14-25-21(27)19(22)13-17-5-3-4-10-24-17/h11-12,14-19,24H,2-10,13,22H2,1H3/t16?,17?,18?,19-/m0/s1. The Labute approximate surface area is 162 Å². The fraction of sp³-hybridized carbons (Fsp3) is 0.714. The highest BCUT2D eigenvalue weighted by Crippen LogP contribution is 2.38. The Balaban J connectivity index is 1.41. The Kier molecular flexibility index (Phi) is 5.93. The lowest BCUT2D eigenvalue weighted by Crippen LogP contribution is -2.37. The van der Waals surface area contributed by atoms with Crippen molar-refractivity contribution in [3.05, 3.63) is 36.4 Å². The average Bonchev–Trinajstić information content (AvgIpc) is 3.38. The van der Waals surface area contributed by atoms with E-state index in [1.54, 1.807) is 0 Å². The predicted molar refractivity (Wildman–Crippen MR) is 108 cm³/mol. The van der Waals surface area contributed by atoms with Gasteiger partial charge in [-0.1, -0.05) is 6.42 Å². The normalized spacial score (nSPS) is 27.6. The first-order valence-corrected chi connectivity index (χ1v) is 10.8. The van der Waals surface area contributed by atoms with Crippen molar-refractivity contribution in [1.29, 1.82) is 0 Å². The van der Waals surface area contributed by atoms with Crippen LogP contribution in [0.2, 0.25) is 0 Å². The Bertz CT molecular complexity index is 692. The molecule has 2 atom stereocenters. The number of hydrogen-bond acceptors (Lipinski definition) is 4. The number of rotatable bonds is 6. The molecule has 6 heteroatoms. The molecule has 0 aromatic carbocycles. The summed E-state index contributed by atoms with van der Waals surface area (Å²) in [7, 11) is 0. The van der Waals surface area contributed by atoms with Gasteiger partial charge in [0.15, 0.2) is 0 Å². The van der Waals surface area contributed by atoms with E-state index >= 15 is 0 Å². The molecule has 2 aromatic heterocycles. The predicted octanol–water partition coefficient (Wildman–Crippen LogP) is 3.53. The van der Waals surface area contributed by atoms with E-state index in [2.05, 4.69) is 38.8 Å². The van der Waals surface area contributed by atoms with Crippen LogP contribution in [0.1, 0.15) is 87.8 Å². The highest BCUT2D eigenvalue weighted by molar-refractivity contribution is 5.15. The highest BCUT2D eigenvalue weighted by Gasteiger charge is 2.28. The third-order valence-electron chi connectivity index (χ3n) is 6.58. The second kappa shape index (κ2) is 8.57. The van der Waals surface area contributed by atoms with Gasteiger partial charge in [-0.3, -0.25) is 0 Å². The molecule has 0 bridgehead atoms. The summed E-state index contributed by atoms with van der Waals surface area (Å²) in [6.07, 6.45) is 17.7. The second-order valence-corrected chi connectivity index (χ2v) is 8.29. The summed E-state index contributed by atoms with van der Waals surface area (Å²) in [6.45, 7) is 4.31.